The molecule has 0 spiro atoms. The second-order valence-corrected chi connectivity index (χ2v) is 5.02. The fourth-order valence-corrected chi connectivity index (χ4v) is 2.20. The van der Waals surface area contributed by atoms with Crippen LogP contribution in [0.15, 0.2) is 18.2 Å². The summed E-state index contributed by atoms with van der Waals surface area (Å²) in [5, 5.41) is 0. The molecule has 1 aliphatic heterocycles. The second kappa shape index (κ2) is 3.93. The zero-order chi connectivity index (χ0) is 11.9. The number of nitrogens with zero attached hydrogens (tertiary/aromatic N) is 1. The highest BCUT2D eigenvalue weighted by atomic mass is 16.2. The van der Waals surface area contributed by atoms with Gasteiger partial charge in [-0.05, 0) is 37.0 Å². The number of hydrogen-bond donors (Lipinski definition) is 0. The van der Waals surface area contributed by atoms with Gasteiger partial charge in [0.05, 0.1) is 0 Å². The zero-order valence-electron chi connectivity index (χ0n) is 10.4. The number of benzene rings is 1. The Kier molecular flexibility index (Phi) is 2.75. The molecule has 0 bridgehead atoms. The van der Waals surface area contributed by atoms with Crippen molar-refractivity contribution in [2.45, 2.75) is 40.3 Å². The molecule has 1 aromatic carbocycles. The molecule has 86 valence electrons. The molecular formula is C14H19NO. The van der Waals surface area contributed by atoms with E-state index in [1.807, 2.05) is 17.0 Å². The normalized spacial score (nSPS) is 16.8. The lowest BCUT2D eigenvalue weighted by Gasteiger charge is -2.27. The maximum Gasteiger partial charge on any atom is 0.254 e. The Morgan fingerprint density at radius 1 is 1.25 bits per heavy atom. The van der Waals surface area contributed by atoms with Gasteiger partial charge in [0.25, 0.3) is 5.91 Å². The number of aryl methyl sites for hydroxylation is 1. The third kappa shape index (κ3) is 1.62. The van der Waals surface area contributed by atoms with Gasteiger partial charge in [0.2, 0.25) is 0 Å². The van der Waals surface area contributed by atoms with Crippen molar-refractivity contribution in [2.24, 2.45) is 5.92 Å². The summed E-state index contributed by atoms with van der Waals surface area (Å²) in [6, 6.07) is 6.29. The summed E-state index contributed by atoms with van der Waals surface area (Å²) in [6.45, 7) is 9.31. The van der Waals surface area contributed by atoms with Gasteiger partial charge >= 0.3 is 0 Å². The summed E-state index contributed by atoms with van der Waals surface area (Å²) >= 11 is 0. The smallest absolute Gasteiger partial charge is 0.254 e. The highest BCUT2D eigenvalue weighted by Gasteiger charge is 2.32. The molecule has 2 heteroatoms. The Labute approximate surface area is 97.3 Å². The number of rotatable bonds is 2. The lowest BCUT2D eigenvalue weighted by Crippen LogP contribution is -2.36. The molecule has 1 aromatic rings. The summed E-state index contributed by atoms with van der Waals surface area (Å²) in [7, 11) is 0. The summed E-state index contributed by atoms with van der Waals surface area (Å²) in [5.41, 5.74) is 3.33. The molecule has 0 aromatic heterocycles. The van der Waals surface area contributed by atoms with Crippen LogP contribution in [-0.4, -0.2) is 16.8 Å². The first-order valence-corrected chi connectivity index (χ1v) is 5.92. The molecule has 1 amide bonds. The number of fused-ring (bicyclic) bond motifs is 1. The monoisotopic (exact) mass is 217 g/mol. The molecular weight excluding hydrogens is 198 g/mol. The maximum absolute atomic E-state index is 12.2. The Morgan fingerprint density at radius 3 is 2.50 bits per heavy atom. The molecule has 1 heterocycles. The Bertz CT molecular complexity index is 423. The largest absolute Gasteiger partial charge is 0.331 e. The van der Waals surface area contributed by atoms with Crippen molar-refractivity contribution in [3.05, 3.63) is 34.9 Å². The Morgan fingerprint density at radius 2 is 1.94 bits per heavy atom. The van der Waals surface area contributed by atoms with Crippen LogP contribution in [0.1, 0.15) is 42.3 Å². The van der Waals surface area contributed by atoms with Crippen LogP contribution >= 0.6 is 0 Å². The molecule has 0 N–H and O–H groups in total. The molecule has 0 saturated heterocycles. The number of carbonyl (C=O) groups excluding carboxylic acids is 1. The minimum Gasteiger partial charge on any atom is -0.331 e. The van der Waals surface area contributed by atoms with Gasteiger partial charge in [-0.2, -0.15) is 0 Å². The van der Waals surface area contributed by atoms with E-state index in [0.717, 1.165) is 12.1 Å². The highest BCUT2D eigenvalue weighted by Crippen LogP contribution is 2.28. The first-order chi connectivity index (χ1) is 7.52. The fourth-order valence-electron chi connectivity index (χ4n) is 2.20. The van der Waals surface area contributed by atoms with Crippen LogP contribution in [-0.2, 0) is 6.54 Å². The maximum atomic E-state index is 12.2. The number of hydrogen-bond acceptors (Lipinski definition) is 1. The van der Waals surface area contributed by atoms with Crippen LogP contribution in [0.3, 0.4) is 0 Å². The molecule has 0 aliphatic carbocycles. The zero-order valence-corrected chi connectivity index (χ0v) is 10.4. The van der Waals surface area contributed by atoms with Crippen LogP contribution < -0.4 is 0 Å². The van der Waals surface area contributed by atoms with E-state index in [-0.39, 0.29) is 5.91 Å². The number of amides is 1. The molecule has 2 rings (SSSR count). The average Bonchev–Trinajstić information content (AvgIpc) is 2.57. The van der Waals surface area contributed by atoms with Crippen molar-refractivity contribution in [1.29, 1.82) is 0 Å². The third-order valence-corrected chi connectivity index (χ3v) is 3.69. The van der Waals surface area contributed by atoms with E-state index in [0.29, 0.717) is 12.0 Å². The van der Waals surface area contributed by atoms with Gasteiger partial charge in [0, 0.05) is 18.2 Å². The molecule has 1 atom stereocenters. The predicted octanol–water partition coefficient (Wildman–Crippen LogP) is 3.00. The van der Waals surface area contributed by atoms with E-state index in [2.05, 4.69) is 33.8 Å². The van der Waals surface area contributed by atoms with Gasteiger partial charge < -0.3 is 4.90 Å². The van der Waals surface area contributed by atoms with Gasteiger partial charge in [-0.1, -0.05) is 26.0 Å². The third-order valence-electron chi connectivity index (χ3n) is 3.69. The van der Waals surface area contributed by atoms with Gasteiger partial charge in [0.15, 0.2) is 0 Å². The van der Waals surface area contributed by atoms with Crippen molar-refractivity contribution >= 4 is 5.91 Å². The van der Waals surface area contributed by atoms with Crippen molar-refractivity contribution in [3.8, 4) is 0 Å². The van der Waals surface area contributed by atoms with E-state index in [1.54, 1.807) is 0 Å². The van der Waals surface area contributed by atoms with E-state index >= 15 is 0 Å². The standard InChI is InChI=1S/C14H19NO/c1-9(2)11(4)15-8-13-10(3)6-5-7-12(13)14(15)16/h5-7,9,11H,8H2,1-4H3. The SMILES string of the molecule is Cc1cccc2c1CN(C(C)C(C)C)C2=O. The minimum absolute atomic E-state index is 0.194. The lowest BCUT2D eigenvalue weighted by molar-refractivity contribution is 0.0673. The van der Waals surface area contributed by atoms with Crippen LogP contribution in [0.25, 0.3) is 0 Å². The fraction of sp³-hybridized carbons (Fsp3) is 0.500. The van der Waals surface area contributed by atoms with Crippen LogP contribution in [0, 0.1) is 12.8 Å². The van der Waals surface area contributed by atoms with Gasteiger partial charge in [-0.3, -0.25) is 4.79 Å². The van der Waals surface area contributed by atoms with Crippen LogP contribution in [0.4, 0.5) is 0 Å². The predicted molar refractivity (Wildman–Crippen MR) is 65.4 cm³/mol. The van der Waals surface area contributed by atoms with Crippen molar-refractivity contribution in [3.63, 3.8) is 0 Å². The first kappa shape index (κ1) is 11.2. The molecule has 0 fully saturated rings. The topological polar surface area (TPSA) is 20.3 Å². The second-order valence-electron chi connectivity index (χ2n) is 5.02. The van der Waals surface area contributed by atoms with Crippen molar-refractivity contribution in [1.82, 2.24) is 4.90 Å². The quantitative estimate of drug-likeness (QED) is 0.745. The van der Waals surface area contributed by atoms with E-state index in [1.165, 1.54) is 11.1 Å². The van der Waals surface area contributed by atoms with E-state index in [4.69, 9.17) is 0 Å². The summed E-state index contributed by atoms with van der Waals surface area (Å²) in [5.74, 6) is 0.693. The molecule has 2 nitrogen and oxygen atoms in total. The molecule has 1 aliphatic rings. The lowest BCUT2D eigenvalue weighted by atomic mass is 10.0. The van der Waals surface area contributed by atoms with E-state index < -0.39 is 0 Å². The Hall–Kier alpha value is -1.31. The average molecular weight is 217 g/mol. The molecule has 0 radical (unpaired) electrons. The highest BCUT2D eigenvalue weighted by molar-refractivity contribution is 5.98. The first-order valence-electron chi connectivity index (χ1n) is 5.92. The van der Waals surface area contributed by atoms with Crippen molar-refractivity contribution < 1.29 is 4.79 Å². The molecule has 16 heavy (non-hydrogen) atoms. The van der Waals surface area contributed by atoms with Gasteiger partial charge in [-0.15, -0.1) is 0 Å². The van der Waals surface area contributed by atoms with E-state index in [9.17, 15) is 4.79 Å². The van der Waals surface area contributed by atoms with Gasteiger partial charge in [-0.25, -0.2) is 0 Å². The summed E-state index contributed by atoms with van der Waals surface area (Å²) < 4.78 is 0. The van der Waals surface area contributed by atoms with Crippen LogP contribution in [0.2, 0.25) is 0 Å². The van der Waals surface area contributed by atoms with Crippen LogP contribution in [0.5, 0.6) is 0 Å². The number of carbonyl (C=O) groups is 1. The van der Waals surface area contributed by atoms with Gasteiger partial charge in [0.1, 0.15) is 0 Å². The summed E-state index contributed by atoms with van der Waals surface area (Å²) in [4.78, 5) is 14.2. The minimum atomic E-state index is 0.194. The Balaban J connectivity index is 2.34. The summed E-state index contributed by atoms with van der Waals surface area (Å²) in [6.07, 6.45) is 0. The van der Waals surface area contributed by atoms with Crippen molar-refractivity contribution in [2.75, 3.05) is 0 Å². The molecule has 0 saturated carbocycles. The molecule has 1 unspecified atom stereocenters.